The number of nitrogens with one attached hydrogen (secondary N) is 1. The number of benzene rings is 1. The molecule has 0 aliphatic carbocycles. The van der Waals surface area contributed by atoms with Gasteiger partial charge in [-0.25, -0.2) is 18.0 Å². The minimum atomic E-state index is -1.20. The summed E-state index contributed by atoms with van der Waals surface area (Å²) in [5, 5.41) is 2.10. The molecular weight excluding hydrogens is 359 g/mol. The van der Waals surface area contributed by atoms with Gasteiger partial charge in [-0.15, -0.1) is 0 Å². The van der Waals surface area contributed by atoms with Gasteiger partial charge in [-0.1, -0.05) is 0 Å². The molecule has 0 atom stereocenters. The van der Waals surface area contributed by atoms with Crippen molar-refractivity contribution in [3.05, 3.63) is 63.0 Å². The van der Waals surface area contributed by atoms with Crippen molar-refractivity contribution in [3.63, 3.8) is 0 Å². The zero-order valence-corrected chi connectivity index (χ0v) is 13.5. The van der Waals surface area contributed by atoms with Gasteiger partial charge in [-0.3, -0.25) is 9.59 Å². The molecule has 0 saturated heterocycles. The van der Waals surface area contributed by atoms with E-state index in [2.05, 4.69) is 10.1 Å². The number of hydrogen-bond donors (Lipinski definition) is 1. The number of ether oxygens (including phenoxy) is 2. The minimum Gasteiger partial charge on any atom is -0.489 e. The zero-order valence-electron chi connectivity index (χ0n) is 13.5. The molecule has 7 nitrogen and oxygen atoms in total. The maximum absolute atomic E-state index is 13.6. The van der Waals surface area contributed by atoms with Crippen LogP contribution < -0.4 is 15.5 Å². The molecule has 2 rings (SSSR count). The molecule has 0 saturated carbocycles. The molecule has 0 unspecified atom stereocenters. The van der Waals surface area contributed by atoms with Gasteiger partial charge >= 0.3 is 5.97 Å². The van der Waals surface area contributed by atoms with Gasteiger partial charge in [-0.2, -0.15) is 0 Å². The van der Waals surface area contributed by atoms with Gasteiger partial charge in [0, 0.05) is 24.2 Å². The predicted molar refractivity (Wildman–Crippen MR) is 80.4 cm³/mol. The van der Waals surface area contributed by atoms with Crippen LogP contribution in [0.1, 0.15) is 26.5 Å². The smallest absolute Gasteiger partial charge is 0.378 e. The van der Waals surface area contributed by atoms with Crippen LogP contribution in [0, 0.1) is 17.5 Å². The number of carbonyl (C=O) groups is 2. The van der Waals surface area contributed by atoms with E-state index in [0.717, 1.165) is 14.2 Å². The average Bonchev–Trinajstić information content (AvgIpc) is 2.59. The van der Waals surface area contributed by atoms with E-state index in [1.54, 1.807) is 0 Å². The Labute approximate surface area is 144 Å². The molecule has 26 heavy (non-hydrogen) atoms. The van der Waals surface area contributed by atoms with Crippen molar-refractivity contribution >= 4 is 11.9 Å². The molecule has 1 aromatic carbocycles. The van der Waals surface area contributed by atoms with Crippen molar-refractivity contribution in [1.29, 1.82) is 0 Å². The van der Waals surface area contributed by atoms with Gasteiger partial charge in [0.15, 0.2) is 0 Å². The highest BCUT2D eigenvalue weighted by atomic mass is 19.1. The third kappa shape index (κ3) is 3.68. The third-order valence-electron chi connectivity index (χ3n) is 3.30. The monoisotopic (exact) mass is 371 g/mol. The molecule has 0 aliphatic rings. The Morgan fingerprint density at radius 1 is 1.15 bits per heavy atom. The number of esters is 1. The predicted octanol–water partition coefficient (Wildman–Crippen LogP) is 1.78. The lowest BCUT2D eigenvalue weighted by Gasteiger charge is -2.09. The van der Waals surface area contributed by atoms with Gasteiger partial charge in [0.05, 0.1) is 14.2 Å². The SMILES string of the molecule is COC(=O)c1occ(C(=O)NCc2c(F)cc(F)cc2F)c(=O)c1OC. The highest BCUT2D eigenvalue weighted by molar-refractivity contribution is 5.95. The fraction of sp³-hybridized carbons (Fsp3) is 0.188. The summed E-state index contributed by atoms with van der Waals surface area (Å²) in [5.74, 6) is -6.67. The van der Waals surface area contributed by atoms with Crippen molar-refractivity contribution in [2.45, 2.75) is 6.54 Å². The zero-order chi connectivity index (χ0) is 19.4. The van der Waals surface area contributed by atoms with Gasteiger partial charge in [0.25, 0.3) is 11.7 Å². The molecule has 0 spiro atoms. The number of carbonyl (C=O) groups excluding carboxylic acids is 2. The second kappa shape index (κ2) is 7.72. The Hall–Kier alpha value is -3.30. The minimum absolute atomic E-state index is 0.452. The quantitative estimate of drug-likeness (QED) is 0.806. The van der Waals surface area contributed by atoms with Crippen molar-refractivity contribution in [2.24, 2.45) is 0 Å². The van der Waals surface area contributed by atoms with Gasteiger partial charge in [-0.05, 0) is 0 Å². The molecule has 2 aromatic rings. The summed E-state index contributed by atoms with van der Waals surface area (Å²) in [7, 11) is 2.12. The number of hydrogen-bond acceptors (Lipinski definition) is 6. The molecule has 0 fully saturated rings. The Balaban J connectivity index is 2.28. The van der Waals surface area contributed by atoms with E-state index in [9.17, 15) is 27.6 Å². The second-order valence-corrected chi connectivity index (χ2v) is 4.86. The standard InChI is InChI=1S/C16H12F3NO6/c1-24-13-12(21)9(6-26-14(13)16(23)25-2)15(22)20-5-8-10(18)3-7(17)4-11(8)19/h3-4,6H,5H2,1-2H3,(H,20,22). The van der Waals surface area contributed by atoms with Crippen LogP contribution in [0.25, 0.3) is 0 Å². The second-order valence-electron chi connectivity index (χ2n) is 4.86. The van der Waals surface area contributed by atoms with Gasteiger partial charge < -0.3 is 19.2 Å². The lowest BCUT2D eigenvalue weighted by Crippen LogP contribution is -2.30. The molecule has 0 aliphatic heterocycles. The molecule has 1 N–H and O–H groups in total. The first-order valence-corrected chi connectivity index (χ1v) is 6.99. The molecule has 1 aromatic heterocycles. The van der Waals surface area contributed by atoms with Crippen molar-refractivity contribution in [1.82, 2.24) is 5.32 Å². The van der Waals surface area contributed by atoms with Crippen LogP contribution in [0.5, 0.6) is 5.75 Å². The summed E-state index contributed by atoms with van der Waals surface area (Å²) in [4.78, 5) is 35.8. The van der Waals surface area contributed by atoms with E-state index in [0.29, 0.717) is 18.4 Å². The molecule has 0 radical (unpaired) electrons. The van der Waals surface area contributed by atoms with E-state index in [1.165, 1.54) is 0 Å². The summed E-state index contributed by atoms with van der Waals surface area (Å²) < 4.78 is 54.0. The van der Waals surface area contributed by atoms with Crippen LogP contribution >= 0.6 is 0 Å². The molecular formula is C16H12F3NO6. The number of rotatable bonds is 5. The Kier molecular flexibility index (Phi) is 5.65. The number of amides is 1. The third-order valence-corrected chi connectivity index (χ3v) is 3.30. The van der Waals surface area contributed by atoms with Crippen LogP contribution in [0.3, 0.4) is 0 Å². The highest BCUT2D eigenvalue weighted by Gasteiger charge is 2.24. The summed E-state index contributed by atoms with van der Waals surface area (Å²) in [6.45, 7) is -0.655. The van der Waals surface area contributed by atoms with Crippen LogP contribution in [0.2, 0.25) is 0 Å². The summed E-state index contributed by atoms with van der Waals surface area (Å²) in [5.41, 5.74) is -2.16. The molecule has 1 amide bonds. The van der Waals surface area contributed by atoms with Crippen LogP contribution in [0.15, 0.2) is 27.6 Å². The normalized spacial score (nSPS) is 10.3. The Bertz CT molecular complexity index is 902. The van der Waals surface area contributed by atoms with Crippen LogP contribution in [-0.2, 0) is 11.3 Å². The lowest BCUT2D eigenvalue weighted by molar-refractivity contribution is 0.0554. The van der Waals surface area contributed by atoms with Gasteiger partial charge in [0.1, 0.15) is 29.3 Å². The summed E-state index contributed by atoms with van der Waals surface area (Å²) in [6.07, 6.45) is 0.684. The number of methoxy groups -OCH3 is 2. The highest BCUT2D eigenvalue weighted by Crippen LogP contribution is 2.17. The molecule has 0 bridgehead atoms. The van der Waals surface area contributed by atoms with Crippen LogP contribution in [-0.4, -0.2) is 26.1 Å². The van der Waals surface area contributed by atoms with E-state index in [1.807, 2.05) is 0 Å². The maximum Gasteiger partial charge on any atom is 0.378 e. The topological polar surface area (TPSA) is 94.8 Å². The van der Waals surface area contributed by atoms with Crippen LogP contribution in [0.4, 0.5) is 13.2 Å². The average molecular weight is 371 g/mol. The summed E-state index contributed by atoms with van der Waals surface area (Å²) in [6, 6.07) is 0.903. The Morgan fingerprint density at radius 3 is 2.31 bits per heavy atom. The Morgan fingerprint density at radius 2 is 1.77 bits per heavy atom. The largest absolute Gasteiger partial charge is 0.489 e. The fourth-order valence-corrected chi connectivity index (χ4v) is 2.03. The van der Waals surface area contributed by atoms with E-state index in [-0.39, 0.29) is 0 Å². The lowest BCUT2D eigenvalue weighted by atomic mass is 10.1. The fourth-order valence-electron chi connectivity index (χ4n) is 2.03. The van der Waals surface area contributed by atoms with Crippen molar-refractivity contribution < 1.29 is 36.7 Å². The number of halogens is 3. The maximum atomic E-state index is 13.6. The summed E-state index contributed by atoms with van der Waals surface area (Å²) >= 11 is 0. The molecule has 1 heterocycles. The van der Waals surface area contributed by atoms with Crippen molar-refractivity contribution in [3.8, 4) is 5.75 Å². The first kappa shape index (κ1) is 19.0. The molecule has 138 valence electrons. The molecule has 10 heteroatoms. The van der Waals surface area contributed by atoms with E-state index >= 15 is 0 Å². The van der Waals surface area contributed by atoms with Gasteiger partial charge in [0.2, 0.25) is 11.2 Å². The first-order valence-electron chi connectivity index (χ1n) is 6.99. The van der Waals surface area contributed by atoms with E-state index < -0.39 is 63.9 Å². The van der Waals surface area contributed by atoms with E-state index in [4.69, 9.17) is 9.15 Å². The van der Waals surface area contributed by atoms with Crippen molar-refractivity contribution in [2.75, 3.05) is 14.2 Å². The first-order chi connectivity index (χ1) is 12.3.